The van der Waals surface area contributed by atoms with Gasteiger partial charge < -0.3 is 4.74 Å². The molecule has 1 aromatic carbocycles. The van der Waals surface area contributed by atoms with E-state index in [2.05, 4.69) is 4.98 Å². The van der Waals surface area contributed by atoms with Gasteiger partial charge >= 0.3 is 0 Å². The summed E-state index contributed by atoms with van der Waals surface area (Å²) in [6.45, 7) is 0.665. The summed E-state index contributed by atoms with van der Waals surface area (Å²) in [6, 6.07) is 6.67. The van der Waals surface area contributed by atoms with Gasteiger partial charge in [-0.1, -0.05) is 6.42 Å². The molecule has 0 saturated heterocycles. The zero-order valence-corrected chi connectivity index (χ0v) is 11.8. The Bertz CT molecular complexity index is 739. The van der Waals surface area contributed by atoms with Gasteiger partial charge in [0.2, 0.25) is 10.0 Å². The molecule has 1 saturated carbocycles. The maximum absolute atomic E-state index is 11.6. The van der Waals surface area contributed by atoms with Crippen molar-refractivity contribution in [2.45, 2.75) is 24.2 Å². The van der Waals surface area contributed by atoms with E-state index >= 15 is 0 Å². The van der Waals surface area contributed by atoms with Crippen molar-refractivity contribution in [3.63, 3.8) is 0 Å². The molecular weight excluding hydrogens is 276 g/mol. The first kappa shape index (κ1) is 13.3. The van der Waals surface area contributed by atoms with Crippen LogP contribution >= 0.6 is 0 Å². The molecule has 1 aliphatic carbocycles. The minimum absolute atomic E-state index is 0.0316. The molecule has 0 atom stereocenters. The van der Waals surface area contributed by atoms with Crippen molar-refractivity contribution in [2.75, 3.05) is 6.61 Å². The van der Waals surface area contributed by atoms with Gasteiger partial charge in [0.05, 0.1) is 12.1 Å². The molecular formula is C14H16N2O3S. The molecule has 2 aromatic rings. The fraction of sp³-hybridized carbons (Fsp3) is 0.357. The van der Waals surface area contributed by atoms with Crippen LogP contribution in [-0.2, 0) is 10.0 Å². The lowest BCUT2D eigenvalue weighted by molar-refractivity contribution is 0.182. The molecule has 1 aromatic heterocycles. The zero-order chi connectivity index (χ0) is 14.2. The monoisotopic (exact) mass is 292 g/mol. The summed E-state index contributed by atoms with van der Waals surface area (Å²) in [5, 5.41) is 5.90. The average molecular weight is 292 g/mol. The van der Waals surface area contributed by atoms with Crippen LogP contribution in [0.3, 0.4) is 0 Å². The van der Waals surface area contributed by atoms with Crippen molar-refractivity contribution in [2.24, 2.45) is 11.1 Å². The van der Waals surface area contributed by atoms with E-state index in [0.717, 1.165) is 0 Å². The summed E-state index contributed by atoms with van der Waals surface area (Å²) < 4.78 is 29.0. The molecule has 0 radical (unpaired) electrons. The summed E-state index contributed by atoms with van der Waals surface area (Å²) in [6.07, 6.45) is 5.21. The Hall–Kier alpha value is -1.66. The molecule has 0 aliphatic heterocycles. The van der Waals surface area contributed by atoms with Gasteiger partial charge in [-0.05, 0) is 43.0 Å². The number of fused-ring (bicyclic) bond motifs is 1. The van der Waals surface area contributed by atoms with Crippen molar-refractivity contribution < 1.29 is 13.2 Å². The largest absolute Gasteiger partial charge is 0.493 e. The number of hydrogen-bond donors (Lipinski definition) is 1. The molecule has 0 unspecified atom stereocenters. The van der Waals surface area contributed by atoms with E-state index in [4.69, 9.17) is 9.88 Å². The number of ether oxygens (including phenoxy) is 1. The van der Waals surface area contributed by atoms with E-state index in [-0.39, 0.29) is 4.90 Å². The minimum atomic E-state index is -3.79. The first-order valence-electron chi connectivity index (χ1n) is 6.59. The number of sulfonamides is 1. The molecule has 5 nitrogen and oxygen atoms in total. The van der Waals surface area contributed by atoms with Crippen LogP contribution in [0, 0.1) is 5.92 Å². The highest BCUT2D eigenvalue weighted by Crippen LogP contribution is 2.31. The molecule has 1 heterocycles. The predicted molar refractivity (Wildman–Crippen MR) is 76.0 cm³/mol. The quantitative estimate of drug-likeness (QED) is 0.935. The Morgan fingerprint density at radius 3 is 2.75 bits per heavy atom. The Morgan fingerprint density at radius 1 is 1.30 bits per heavy atom. The van der Waals surface area contributed by atoms with E-state index in [1.807, 2.05) is 0 Å². The van der Waals surface area contributed by atoms with Crippen LogP contribution in [0.1, 0.15) is 19.3 Å². The highest BCUT2D eigenvalue weighted by molar-refractivity contribution is 7.89. The Kier molecular flexibility index (Phi) is 3.35. The lowest BCUT2D eigenvalue weighted by atomic mass is 9.86. The third-order valence-electron chi connectivity index (χ3n) is 3.70. The summed E-state index contributed by atoms with van der Waals surface area (Å²) in [5.74, 6) is 1.27. The molecule has 6 heteroatoms. The normalized spacial score (nSPS) is 16.1. The van der Waals surface area contributed by atoms with Crippen molar-refractivity contribution in [1.29, 1.82) is 0 Å². The summed E-state index contributed by atoms with van der Waals surface area (Å²) >= 11 is 0. The van der Waals surface area contributed by atoms with Crippen LogP contribution in [0.2, 0.25) is 0 Å². The van der Waals surface area contributed by atoms with Gasteiger partial charge in [0.1, 0.15) is 10.6 Å². The van der Waals surface area contributed by atoms with Crippen LogP contribution in [-0.4, -0.2) is 20.0 Å². The second-order valence-corrected chi connectivity index (χ2v) is 6.64. The van der Waals surface area contributed by atoms with Gasteiger partial charge in [0.15, 0.2) is 0 Å². The number of nitrogens with two attached hydrogens (primary N) is 1. The first-order valence-corrected chi connectivity index (χ1v) is 8.13. The van der Waals surface area contributed by atoms with Crippen molar-refractivity contribution in [1.82, 2.24) is 4.98 Å². The third-order valence-corrected chi connectivity index (χ3v) is 4.64. The number of benzene rings is 1. The van der Waals surface area contributed by atoms with Gasteiger partial charge in [-0.25, -0.2) is 13.6 Å². The van der Waals surface area contributed by atoms with Crippen molar-refractivity contribution in [3.05, 3.63) is 30.5 Å². The van der Waals surface area contributed by atoms with E-state index in [1.165, 1.54) is 25.3 Å². The first-order chi connectivity index (χ1) is 9.55. The number of hydrogen-bond acceptors (Lipinski definition) is 4. The molecule has 0 spiro atoms. The van der Waals surface area contributed by atoms with Crippen molar-refractivity contribution >= 4 is 20.9 Å². The second-order valence-electron chi connectivity index (χ2n) is 5.11. The van der Waals surface area contributed by atoms with Gasteiger partial charge in [-0.2, -0.15) is 0 Å². The summed E-state index contributed by atoms with van der Waals surface area (Å²) in [7, 11) is -3.79. The molecule has 106 valence electrons. The van der Waals surface area contributed by atoms with Crippen LogP contribution in [0.5, 0.6) is 5.75 Å². The number of primary sulfonamides is 1. The Morgan fingerprint density at radius 2 is 2.10 bits per heavy atom. The smallest absolute Gasteiger partial charge is 0.240 e. The van der Waals surface area contributed by atoms with Crippen LogP contribution in [0.25, 0.3) is 10.9 Å². The third kappa shape index (κ3) is 2.48. The lowest BCUT2D eigenvalue weighted by Crippen LogP contribution is -2.19. The summed E-state index contributed by atoms with van der Waals surface area (Å²) in [5.41, 5.74) is 0.362. The highest BCUT2D eigenvalue weighted by atomic mass is 32.2. The maximum atomic E-state index is 11.6. The molecule has 20 heavy (non-hydrogen) atoms. The van der Waals surface area contributed by atoms with Gasteiger partial charge in [0, 0.05) is 11.6 Å². The molecule has 3 rings (SSSR count). The van der Waals surface area contributed by atoms with E-state index < -0.39 is 10.0 Å². The fourth-order valence-corrected chi connectivity index (χ4v) is 3.03. The highest BCUT2D eigenvalue weighted by Gasteiger charge is 2.20. The molecule has 1 aliphatic rings. The molecule has 0 bridgehead atoms. The maximum Gasteiger partial charge on any atom is 0.240 e. The van der Waals surface area contributed by atoms with E-state index in [9.17, 15) is 8.42 Å². The Balaban J connectivity index is 2.01. The second kappa shape index (κ2) is 5.03. The SMILES string of the molecule is NS(=O)(=O)c1ccc(OCC2CCC2)c2cccnc12. The summed E-state index contributed by atoms with van der Waals surface area (Å²) in [4.78, 5) is 4.16. The topological polar surface area (TPSA) is 82.3 Å². The standard InChI is InChI=1S/C14H16N2O3S/c15-20(17,18)13-7-6-12(19-9-10-3-1-4-10)11-5-2-8-16-14(11)13/h2,5-8,10H,1,3-4,9H2,(H2,15,17,18). The average Bonchev–Trinajstić information content (AvgIpc) is 2.35. The van der Waals surface area contributed by atoms with Gasteiger partial charge in [-0.15, -0.1) is 0 Å². The molecule has 2 N–H and O–H groups in total. The minimum Gasteiger partial charge on any atom is -0.493 e. The number of rotatable bonds is 4. The fourth-order valence-electron chi connectivity index (χ4n) is 2.34. The molecule has 1 fully saturated rings. The molecule has 0 amide bonds. The van der Waals surface area contributed by atoms with Crippen LogP contribution in [0.15, 0.2) is 35.4 Å². The Labute approximate surface area is 117 Å². The van der Waals surface area contributed by atoms with Gasteiger partial charge in [0.25, 0.3) is 0 Å². The van der Waals surface area contributed by atoms with Crippen LogP contribution < -0.4 is 9.88 Å². The lowest BCUT2D eigenvalue weighted by Gasteiger charge is -2.25. The van der Waals surface area contributed by atoms with Crippen LogP contribution in [0.4, 0.5) is 0 Å². The number of pyridine rings is 1. The van der Waals surface area contributed by atoms with E-state index in [1.54, 1.807) is 24.4 Å². The predicted octanol–water partition coefficient (Wildman–Crippen LogP) is 2.06. The van der Waals surface area contributed by atoms with Gasteiger partial charge in [-0.3, -0.25) is 4.98 Å². The van der Waals surface area contributed by atoms with Crippen molar-refractivity contribution in [3.8, 4) is 5.75 Å². The number of aromatic nitrogens is 1. The zero-order valence-electron chi connectivity index (χ0n) is 11.0. The number of nitrogens with zero attached hydrogens (tertiary/aromatic N) is 1. The van der Waals surface area contributed by atoms with E-state index in [0.29, 0.717) is 29.2 Å².